The smallest absolute Gasteiger partial charge is 0.292 e. The number of nitrogens with two attached hydrogens (primary N) is 1. The molecule has 0 unspecified atom stereocenters. The summed E-state index contributed by atoms with van der Waals surface area (Å²) in [5.41, 5.74) is 9.82. The number of amides is 3. The molecule has 2 aliphatic rings. The van der Waals surface area contributed by atoms with Crippen molar-refractivity contribution >= 4 is 29.3 Å². The van der Waals surface area contributed by atoms with Gasteiger partial charge in [0.15, 0.2) is 5.69 Å². The zero-order valence-corrected chi connectivity index (χ0v) is 19.5. The molecule has 3 amide bonds. The number of aromatic nitrogens is 5. The van der Waals surface area contributed by atoms with E-state index in [4.69, 9.17) is 5.73 Å². The second-order valence-corrected chi connectivity index (χ2v) is 8.64. The van der Waals surface area contributed by atoms with Crippen molar-refractivity contribution in [3.8, 4) is 5.82 Å². The number of nitrogens with one attached hydrogen (secondary N) is 1. The summed E-state index contributed by atoms with van der Waals surface area (Å²) in [6.07, 6.45) is 3.30. The van der Waals surface area contributed by atoms with Crippen molar-refractivity contribution in [3.05, 3.63) is 46.8 Å². The zero-order chi connectivity index (χ0) is 25.2. The van der Waals surface area contributed by atoms with Gasteiger partial charge in [-0.3, -0.25) is 24.2 Å². The highest BCUT2D eigenvalue weighted by molar-refractivity contribution is 6.22. The first-order valence-corrected chi connectivity index (χ1v) is 11.5. The summed E-state index contributed by atoms with van der Waals surface area (Å²) in [6, 6.07) is 6.60. The monoisotopic (exact) mass is 492 g/mol. The van der Waals surface area contributed by atoms with Crippen LogP contribution in [0.2, 0.25) is 0 Å². The molecular formula is C22H24N10O4. The fraction of sp³-hybridized carbons (Fsp3) is 0.364. The van der Waals surface area contributed by atoms with E-state index in [0.29, 0.717) is 29.1 Å². The maximum absolute atomic E-state index is 13.2. The summed E-state index contributed by atoms with van der Waals surface area (Å²) in [6.45, 7) is 3.71. The summed E-state index contributed by atoms with van der Waals surface area (Å²) in [5, 5.41) is 19.6. The summed E-state index contributed by atoms with van der Waals surface area (Å²) < 4.78 is 5.82. The average Bonchev–Trinajstić information content (AvgIpc) is 3.56. The lowest BCUT2D eigenvalue weighted by atomic mass is 10.1. The van der Waals surface area contributed by atoms with Crippen molar-refractivity contribution in [2.75, 3.05) is 25.4 Å². The van der Waals surface area contributed by atoms with Crippen molar-refractivity contribution in [3.63, 3.8) is 0 Å². The molecule has 0 bridgehead atoms. The Bertz CT molecular complexity index is 1320. The second kappa shape index (κ2) is 9.65. The molecule has 0 spiro atoms. The van der Waals surface area contributed by atoms with Crippen LogP contribution in [-0.4, -0.2) is 78.2 Å². The van der Waals surface area contributed by atoms with Crippen LogP contribution < -0.4 is 11.2 Å². The Hall–Kier alpha value is -4.46. The largest absolute Gasteiger partial charge is 0.378 e. The molecule has 36 heavy (non-hydrogen) atoms. The number of hydrogen-bond acceptors (Lipinski definition) is 11. The summed E-state index contributed by atoms with van der Waals surface area (Å²) in [4.78, 5) is 41.7. The molecule has 2 aliphatic heterocycles. The Morgan fingerprint density at radius 2 is 1.81 bits per heavy atom. The number of carbonyl (C=O) groups excluding carboxylic acids is 3. The fourth-order valence-electron chi connectivity index (χ4n) is 4.31. The normalized spacial score (nSPS) is 16.5. The SMILES string of the molecule is CC(CN1C(=O)c2ccccc2C1=O)=NNC(=O)c1c(CN2CCCCC2)nnn1-c1nonc1N. The fourth-order valence-corrected chi connectivity index (χ4v) is 4.31. The molecule has 3 N–H and O–H groups in total. The van der Waals surface area contributed by atoms with Crippen LogP contribution in [0.1, 0.15) is 63.1 Å². The van der Waals surface area contributed by atoms with Crippen molar-refractivity contribution in [2.45, 2.75) is 32.7 Å². The van der Waals surface area contributed by atoms with Gasteiger partial charge in [-0.2, -0.15) is 9.78 Å². The van der Waals surface area contributed by atoms with Gasteiger partial charge in [-0.25, -0.2) is 10.1 Å². The third-order valence-electron chi connectivity index (χ3n) is 6.09. The first-order chi connectivity index (χ1) is 17.4. The molecule has 1 fully saturated rings. The third kappa shape index (κ3) is 4.33. The molecule has 0 aliphatic carbocycles. The third-order valence-corrected chi connectivity index (χ3v) is 6.09. The number of hydrogen-bond donors (Lipinski definition) is 2. The summed E-state index contributed by atoms with van der Waals surface area (Å²) in [7, 11) is 0. The number of fused-ring (bicyclic) bond motifs is 1. The second-order valence-electron chi connectivity index (χ2n) is 8.64. The van der Waals surface area contributed by atoms with Crippen LogP contribution in [0.3, 0.4) is 0 Å². The van der Waals surface area contributed by atoms with Crippen molar-refractivity contribution < 1.29 is 19.0 Å². The maximum Gasteiger partial charge on any atom is 0.292 e. The minimum atomic E-state index is -0.615. The average molecular weight is 493 g/mol. The van der Waals surface area contributed by atoms with Gasteiger partial charge in [-0.15, -0.1) is 5.10 Å². The molecule has 0 atom stereocenters. The van der Waals surface area contributed by atoms with Crippen LogP contribution in [0.25, 0.3) is 5.82 Å². The number of benzene rings is 1. The van der Waals surface area contributed by atoms with E-state index in [9.17, 15) is 14.4 Å². The molecule has 3 aromatic rings. The Morgan fingerprint density at radius 3 is 2.44 bits per heavy atom. The Labute approximate surface area is 205 Å². The van der Waals surface area contributed by atoms with E-state index in [1.54, 1.807) is 31.2 Å². The lowest BCUT2D eigenvalue weighted by molar-refractivity contribution is 0.0677. The number of nitrogen functional groups attached to an aromatic ring is 1. The number of hydrazone groups is 1. The Kier molecular flexibility index (Phi) is 6.25. The van der Waals surface area contributed by atoms with E-state index < -0.39 is 17.7 Å². The van der Waals surface area contributed by atoms with Crippen LogP contribution in [-0.2, 0) is 6.54 Å². The first-order valence-electron chi connectivity index (χ1n) is 11.5. The number of rotatable bonds is 7. The van der Waals surface area contributed by atoms with Gasteiger partial charge in [-0.1, -0.05) is 23.8 Å². The van der Waals surface area contributed by atoms with E-state index in [1.165, 1.54) is 6.42 Å². The predicted molar refractivity (Wildman–Crippen MR) is 125 cm³/mol. The lowest BCUT2D eigenvalue weighted by Gasteiger charge is -2.25. The standard InChI is InChI=1S/C22H24N10O4/c1-13(11-31-21(34)14-7-3-4-8-15(14)22(31)35)24-26-20(33)17-16(12-30-9-5-2-6-10-30)25-29-32(17)19-18(23)27-36-28-19/h3-4,7-8H,2,5-6,9-12H2,1H3,(H2,23,27)(H,26,33). The predicted octanol–water partition coefficient (Wildman–Crippen LogP) is 0.620. The van der Waals surface area contributed by atoms with Gasteiger partial charge in [0.2, 0.25) is 11.6 Å². The molecule has 14 nitrogen and oxygen atoms in total. The van der Waals surface area contributed by atoms with Crippen LogP contribution in [0.4, 0.5) is 5.82 Å². The molecule has 5 rings (SSSR count). The molecular weight excluding hydrogens is 468 g/mol. The van der Waals surface area contributed by atoms with Gasteiger partial charge < -0.3 is 5.73 Å². The number of anilines is 1. The molecule has 0 radical (unpaired) electrons. The quantitative estimate of drug-likeness (QED) is 0.270. The van der Waals surface area contributed by atoms with E-state index >= 15 is 0 Å². The number of nitrogens with zero attached hydrogens (tertiary/aromatic N) is 8. The van der Waals surface area contributed by atoms with Crippen LogP contribution >= 0.6 is 0 Å². The van der Waals surface area contributed by atoms with E-state index in [-0.39, 0.29) is 23.9 Å². The van der Waals surface area contributed by atoms with Crippen LogP contribution in [0.5, 0.6) is 0 Å². The van der Waals surface area contributed by atoms with E-state index in [0.717, 1.165) is 35.5 Å². The molecule has 1 saturated heterocycles. The number of imide groups is 1. The highest BCUT2D eigenvalue weighted by atomic mass is 16.6. The van der Waals surface area contributed by atoms with Gasteiger partial charge in [0, 0.05) is 6.54 Å². The van der Waals surface area contributed by atoms with Crippen molar-refractivity contribution in [2.24, 2.45) is 5.10 Å². The highest BCUT2D eigenvalue weighted by Gasteiger charge is 2.35. The highest BCUT2D eigenvalue weighted by Crippen LogP contribution is 2.22. The maximum atomic E-state index is 13.2. The molecule has 0 saturated carbocycles. The Morgan fingerprint density at radius 1 is 1.11 bits per heavy atom. The Balaban J connectivity index is 1.35. The van der Waals surface area contributed by atoms with E-state index in [1.807, 2.05) is 0 Å². The zero-order valence-electron chi connectivity index (χ0n) is 19.5. The molecule has 4 heterocycles. The molecule has 186 valence electrons. The van der Waals surface area contributed by atoms with E-state index in [2.05, 4.69) is 40.7 Å². The lowest BCUT2D eigenvalue weighted by Crippen LogP contribution is -2.35. The summed E-state index contributed by atoms with van der Waals surface area (Å²) >= 11 is 0. The van der Waals surface area contributed by atoms with Gasteiger partial charge in [0.05, 0.1) is 23.4 Å². The van der Waals surface area contributed by atoms with Crippen LogP contribution in [0, 0.1) is 0 Å². The molecule has 14 heteroatoms. The van der Waals surface area contributed by atoms with Crippen molar-refractivity contribution in [1.82, 2.24) is 40.5 Å². The minimum Gasteiger partial charge on any atom is -0.378 e. The van der Waals surface area contributed by atoms with Gasteiger partial charge in [-0.05, 0) is 55.3 Å². The van der Waals surface area contributed by atoms with Gasteiger partial charge >= 0.3 is 0 Å². The summed E-state index contributed by atoms with van der Waals surface area (Å²) in [5.74, 6) is -1.45. The number of likely N-dealkylation sites (tertiary alicyclic amines) is 1. The minimum absolute atomic E-state index is 0.0317. The van der Waals surface area contributed by atoms with Gasteiger partial charge in [0.1, 0.15) is 5.69 Å². The number of carbonyl (C=O) groups is 3. The topological polar surface area (TPSA) is 178 Å². The van der Waals surface area contributed by atoms with Crippen molar-refractivity contribution in [1.29, 1.82) is 0 Å². The van der Waals surface area contributed by atoms with Gasteiger partial charge in [0.25, 0.3) is 17.7 Å². The number of piperidine rings is 1. The molecule has 1 aromatic carbocycles. The first kappa shape index (κ1) is 23.3. The van der Waals surface area contributed by atoms with Crippen LogP contribution in [0.15, 0.2) is 34.0 Å². The molecule has 2 aromatic heterocycles.